The zero-order chi connectivity index (χ0) is 10.2. The summed E-state index contributed by atoms with van der Waals surface area (Å²) in [5.74, 6) is 0.319. The van der Waals surface area contributed by atoms with Gasteiger partial charge in [0.15, 0.2) is 5.96 Å². The molecular weight excluding hydrogens is 188 g/mol. The number of nitrogens with two attached hydrogens (primary N) is 1. The largest absolute Gasteiger partial charge is 0.370 e. The van der Waals surface area contributed by atoms with Gasteiger partial charge in [0.2, 0.25) is 6.43 Å². The first-order chi connectivity index (χ1) is 6.62. The van der Waals surface area contributed by atoms with Crippen LogP contribution >= 0.6 is 0 Å². The zero-order valence-electron chi connectivity index (χ0n) is 7.97. The van der Waals surface area contributed by atoms with Gasteiger partial charge < -0.3 is 11.1 Å². The van der Waals surface area contributed by atoms with Gasteiger partial charge in [-0.2, -0.15) is 0 Å². The second-order valence-corrected chi connectivity index (χ2v) is 4.28. The molecule has 0 aliphatic heterocycles. The maximum atomic E-state index is 12.5. The Bertz CT molecular complexity index is 244. The molecular formula is C9H15F2N3. The van der Waals surface area contributed by atoms with E-state index in [1.807, 2.05) is 0 Å². The highest BCUT2D eigenvalue weighted by atomic mass is 19.3. The predicted molar refractivity (Wildman–Crippen MR) is 50.3 cm³/mol. The van der Waals surface area contributed by atoms with E-state index in [1.165, 1.54) is 0 Å². The van der Waals surface area contributed by atoms with Gasteiger partial charge in [0.25, 0.3) is 0 Å². The number of halogens is 2. The number of nitrogens with one attached hydrogen (secondary N) is 1. The average Bonchev–Trinajstić information content (AvgIpc) is 2.97. The summed E-state index contributed by atoms with van der Waals surface area (Å²) in [5, 5.41) is 2.98. The van der Waals surface area contributed by atoms with Gasteiger partial charge in [0.1, 0.15) is 0 Å². The maximum absolute atomic E-state index is 12.5. The first-order valence-corrected chi connectivity index (χ1v) is 4.97. The Kier molecular flexibility index (Phi) is 2.33. The smallest absolute Gasteiger partial charge is 0.245 e. The van der Waals surface area contributed by atoms with Crippen molar-refractivity contribution in [1.29, 1.82) is 0 Å². The van der Waals surface area contributed by atoms with E-state index < -0.39 is 11.8 Å². The van der Waals surface area contributed by atoms with Crippen LogP contribution in [0.25, 0.3) is 0 Å². The van der Waals surface area contributed by atoms with Gasteiger partial charge in [-0.25, -0.2) is 8.78 Å². The van der Waals surface area contributed by atoms with Crippen LogP contribution < -0.4 is 11.1 Å². The van der Waals surface area contributed by atoms with Gasteiger partial charge >= 0.3 is 0 Å². The fraction of sp³-hybridized carbons (Fsp3) is 0.889. The summed E-state index contributed by atoms with van der Waals surface area (Å²) in [6.07, 6.45) is 1.10. The summed E-state index contributed by atoms with van der Waals surface area (Å²) in [7, 11) is 0. The van der Waals surface area contributed by atoms with E-state index in [0.717, 1.165) is 12.8 Å². The molecule has 2 aliphatic rings. The van der Waals surface area contributed by atoms with Crippen molar-refractivity contribution in [3.63, 3.8) is 0 Å². The molecule has 0 atom stereocenters. The molecule has 14 heavy (non-hydrogen) atoms. The molecule has 0 aromatic rings. The molecule has 0 heterocycles. The van der Waals surface area contributed by atoms with Gasteiger partial charge in [-0.1, -0.05) is 0 Å². The van der Waals surface area contributed by atoms with E-state index in [1.54, 1.807) is 0 Å². The van der Waals surface area contributed by atoms with E-state index in [-0.39, 0.29) is 6.54 Å². The van der Waals surface area contributed by atoms with Crippen LogP contribution in [0.4, 0.5) is 8.78 Å². The SMILES string of the molecule is NC(=NCC1(C(F)F)CC1)NC1CC1. The molecule has 2 rings (SSSR count). The topological polar surface area (TPSA) is 50.4 Å². The molecule has 0 amide bonds. The number of nitrogens with zero attached hydrogens (tertiary/aromatic N) is 1. The van der Waals surface area contributed by atoms with E-state index in [0.29, 0.717) is 24.8 Å². The normalized spacial score (nSPS) is 25.2. The summed E-state index contributed by atoms with van der Waals surface area (Å²) in [5.41, 5.74) is 4.69. The molecule has 3 nitrogen and oxygen atoms in total. The summed E-state index contributed by atoms with van der Waals surface area (Å²) < 4.78 is 24.9. The number of rotatable bonds is 4. The Balaban J connectivity index is 1.79. The van der Waals surface area contributed by atoms with Crippen molar-refractivity contribution in [1.82, 2.24) is 5.32 Å². The molecule has 2 aliphatic carbocycles. The average molecular weight is 203 g/mol. The fourth-order valence-corrected chi connectivity index (χ4v) is 1.33. The van der Waals surface area contributed by atoms with Crippen LogP contribution in [0.15, 0.2) is 4.99 Å². The summed E-state index contributed by atoms with van der Waals surface area (Å²) in [6.45, 7) is 0.163. The van der Waals surface area contributed by atoms with Crippen molar-refractivity contribution in [2.75, 3.05) is 6.54 Å². The van der Waals surface area contributed by atoms with Crippen molar-refractivity contribution >= 4 is 5.96 Å². The summed E-state index contributed by atoms with van der Waals surface area (Å²) >= 11 is 0. The zero-order valence-corrected chi connectivity index (χ0v) is 7.97. The highest BCUT2D eigenvalue weighted by Crippen LogP contribution is 2.50. The molecule has 0 radical (unpaired) electrons. The molecule has 2 saturated carbocycles. The first kappa shape index (κ1) is 9.68. The van der Waals surface area contributed by atoms with Crippen LogP contribution in [0.3, 0.4) is 0 Å². The van der Waals surface area contributed by atoms with Crippen LogP contribution in [0.2, 0.25) is 0 Å². The van der Waals surface area contributed by atoms with Crippen molar-refractivity contribution in [2.45, 2.75) is 38.2 Å². The van der Waals surface area contributed by atoms with Gasteiger partial charge in [0, 0.05) is 6.04 Å². The lowest BCUT2D eigenvalue weighted by molar-refractivity contribution is 0.0667. The van der Waals surface area contributed by atoms with E-state index >= 15 is 0 Å². The van der Waals surface area contributed by atoms with Crippen LogP contribution in [0.1, 0.15) is 25.7 Å². The molecule has 0 aromatic carbocycles. The highest BCUT2D eigenvalue weighted by molar-refractivity contribution is 5.78. The van der Waals surface area contributed by atoms with Crippen molar-refractivity contribution in [3.05, 3.63) is 0 Å². The van der Waals surface area contributed by atoms with Crippen LogP contribution in [-0.2, 0) is 0 Å². The third kappa shape index (κ3) is 2.13. The van der Waals surface area contributed by atoms with Crippen LogP contribution in [0.5, 0.6) is 0 Å². The third-order valence-corrected chi connectivity index (χ3v) is 2.85. The molecule has 5 heteroatoms. The number of hydrogen-bond acceptors (Lipinski definition) is 1. The van der Waals surface area contributed by atoms with Crippen LogP contribution in [-0.4, -0.2) is 25.0 Å². The van der Waals surface area contributed by atoms with E-state index in [4.69, 9.17) is 5.73 Å². The summed E-state index contributed by atoms with van der Waals surface area (Å²) in [4.78, 5) is 3.96. The van der Waals surface area contributed by atoms with Crippen molar-refractivity contribution in [2.24, 2.45) is 16.1 Å². The van der Waals surface area contributed by atoms with Gasteiger partial charge in [-0.15, -0.1) is 0 Å². The lowest BCUT2D eigenvalue weighted by Crippen LogP contribution is -2.34. The predicted octanol–water partition coefficient (Wildman–Crippen LogP) is 1.10. The van der Waals surface area contributed by atoms with Crippen molar-refractivity contribution < 1.29 is 8.78 Å². The molecule has 2 fully saturated rings. The standard InChI is InChI=1S/C9H15F2N3/c10-7(11)9(3-4-9)5-13-8(12)14-6-1-2-6/h6-7H,1-5H2,(H3,12,13,14). The molecule has 3 N–H and O–H groups in total. The Labute approximate surface area is 81.8 Å². The highest BCUT2D eigenvalue weighted by Gasteiger charge is 2.50. The fourth-order valence-electron chi connectivity index (χ4n) is 1.33. The van der Waals surface area contributed by atoms with Gasteiger partial charge in [0.05, 0.1) is 12.0 Å². The minimum Gasteiger partial charge on any atom is -0.370 e. The second-order valence-electron chi connectivity index (χ2n) is 4.28. The Morgan fingerprint density at radius 3 is 2.57 bits per heavy atom. The number of alkyl halides is 2. The molecule has 0 unspecified atom stereocenters. The van der Waals surface area contributed by atoms with E-state index in [2.05, 4.69) is 10.3 Å². The number of guanidine groups is 1. The Hall–Kier alpha value is -0.870. The second kappa shape index (κ2) is 3.37. The van der Waals surface area contributed by atoms with Gasteiger partial charge in [-0.05, 0) is 25.7 Å². The van der Waals surface area contributed by atoms with Crippen LogP contribution in [0, 0.1) is 5.41 Å². The lowest BCUT2D eigenvalue weighted by atomic mass is 10.1. The molecule has 0 spiro atoms. The maximum Gasteiger partial charge on any atom is 0.245 e. The van der Waals surface area contributed by atoms with Gasteiger partial charge in [-0.3, -0.25) is 4.99 Å². The monoisotopic (exact) mass is 203 g/mol. The Morgan fingerprint density at radius 2 is 2.14 bits per heavy atom. The number of hydrogen-bond donors (Lipinski definition) is 2. The minimum absolute atomic E-state index is 0.163. The first-order valence-electron chi connectivity index (χ1n) is 4.97. The third-order valence-electron chi connectivity index (χ3n) is 2.85. The quantitative estimate of drug-likeness (QED) is 0.531. The van der Waals surface area contributed by atoms with Crippen molar-refractivity contribution in [3.8, 4) is 0 Å². The lowest BCUT2D eigenvalue weighted by Gasteiger charge is -2.11. The molecule has 80 valence electrons. The molecule has 0 aromatic heterocycles. The molecule has 0 saturated heterocycles. The summed E-state index contributed by atoms with van der Waals surface area (Å²) in [6, 6.07) is 0.431. The van der Waals surface area contributed by atoms with E-state index in [9.17, 15) is 8.78 Å². The number of aliphatic imine (C=N–C) groups is 1. The molecule has 0 bridgehead atoms. The Morgan fingerprint density at radius 1 is 1.50 bits per heavy atom. The minimum atomic E-state index is -2.26.